The maximum absolute atomic E-state index is 5.94. The van der Waals surface area contributed by atoms with Crippen LogP contribution in [0.15, 0.2) is 24.3 Å². The lowest BCUT2D eigenvalue weighted by Crippen LogP contribution is -2.37. The lowest BCUT2D eigenvalue weighted by atomic mass is 9.73. The van der Waals surface area contributed by atoms with Gasteiger partial charge in [-0.2, -0.15) is 0 Å². The van der Waals surface area contributed by atoms with Crippen molar-refractivity contribution in [2.45, 2.75) is 64.8 Å². The molecule has 20 heavy (non-hydrogen) atoms. The third-order valence-electron chi connectivity index (χ3n) is 4.73. The van der Waals surface area contributed by atoms with E-state index in [1.165, 1.54) is 36.8 Å². The van der Waals surface area contributed by atoms with Crippen LogP contribution in [0.4, 0.5) is 0 Å². The molecule has 0 radical (unpaired) electrons. The first kappa shape index (κ1) is 15.5. The van der Waals surface area contributed by atoms with Crippen LogP contribution in [-0.4, -0.2) is 0 Å². The zero-order valence-corrected chi connectivity index (χ0v) is 13.4. The largest absolute Gasteiger partial charge is 0.271 e. The Labute approximate surface area is 124 Å². The Kier molecular flexibility index (Phi) is 4.87. The quantitative estimate of drug-likeness (QED) is 0.636. The van der Waals surface area contributed by atoms with Gasteiger partial charge in [-0.05, 0) is 41.2 Å². The van der Waals surface area contributed by atoms with Crippen molar-refractivity contribution in [2.75, 3.05) is 0 Å². The van der Waals surface area contributed by atoms with E-state index in [1.54, 1.807) is 0 Å². The molecule has 3 atom stereocenters. The van der Waals surface area contributed by atoms with Gasteiger partial charge in [0.2, 0.25) is 0 Å². The van der Waals surface area contributed by atoms with E-state index in [4.69, 9.17) is 5.84 Å². The molecule has 1 saturated carbocycles. The summed E-state index contributed by atoms with van der Waals surface area (Å²) in [5.74, 6) is 7.43. The van der Waals surface area contributed by atoms with Crippen LogP contribution in [0.3, 0.4) is 0 Å². The molecule has 3 N–H and O–H groups in total. The molecule has 1 aromatic carbocycles. The summed E-state index contributed by atoms with van der Waals surface area (Å²) in [7, 11) is 0. The van der Waals surface area contributed by atoms with Crippen LogP contribution in [-0.2, 0) is 5.41 Å². The van der Waals surface area contributed by atoms with Crippen molar-refractivity contribution >= 4 is 0 Å². The molecule has 1 aliphatic carbocycles. The van der Waals surface area contributed by atoms with Gasteiger partial charge in [0.05, 0.1) is 0 Å². The number of nitrogens with one attached hydrogen (secondary N) is 1. The van der Waals surface area contributed by atoms with Gasteiger partial charge in [0.25, 0.3) is 0 Å². The summed E-state index contributed by atoms with van der Waals surface area (Å²) in [6.07, 6.45) is 5.28. The van der Waals surface area contributed by atoms with Gasteiger partial charge in [0.15, 0.2) is 0 Å². The van der Waals surface area contributed by atoms with E-state index >= 15 is 0 Å². The molecule has 2 nitrogen and oxygen atoms in total. The topological polar surface area (TPSA) is 38.0 Å². The van der Waals surface area contributed by atoms with Crippen LogP contribution in [0.2, 0.25) is 0 Å². The Morgan fingerprint density at radius 1 is 1.20 bits per heavy atom. The minimum atomic E-state index is 0.159. The second-order valence-corrected chi connectivity index (χ2v) is 7.51. The van der Waals surface area contributed by atoms with E-state index in [0.29, 0.717) is 5.92 Å². The van der Waals surface area contributed by atoms with Gasteiger partial charge in [-0.15, -0.1) is 0 Å². The summed E-state index contributed by atoms with van der Waals surface area (Å²) >= 11 is 0. The predicted octanol–water partition coefficient (Wildman–Crippen LogP) is 4.31. The molecule has 0 aromatic heterocycles. The van der Waals surface area contributed by atoms with Gasteiger partial charge in [0, 0.05) is 6.04 Å². The summed E-state index contributed by atoms with van der Waals surface area (Å²) in [6, 6.07) is 9.08. The Hall–Kier alpha value is -0.860. The molecule has 0 spiro atoms. The van der Waals surface area contributed by atoms with Gasteiger partial charge in [-0.25, -0.2) is 0 Å². The van der Waals surface area contributed by atoms with Crippen molar-refractivity contribution in [2.24, 2.45) is 17.7 Å². The van der Waals surface area contributed by atoms with Crippen molar-refractivity contribution < 1.29 is 0 Å². The summed E-state index contributed by atoms with van der Waals surface area (Å²) in [4.78, 5) is 0. The fraction of sp³-hybridized carbons (Fsp3) is 0.667. The van der Waals surface area contributed by atoms with E-state index in [1.807, 2.05) is 0 Å². The average Bonchev–Trinajstić information content (AvgIpc) is 2.39. The monoisotopic (exact) mass is 274 g/mol. The molecule has 1 aromatic rings. The van der Waals surface area contributed by atoms with Gasteiger partial charge in [-0.3, -0.25) is 11.3 Å². The maximum atomic E-state index is 5.94. The average molecular weight is 274 g/mol. The number of hydrogen-bond acceptors (Lipinski definition) is 2. The first-order valence-electron chi connectivity index (χ1n) is 7.99. The fourth-order valence-electron chi connectivity index (χ4n) is 3.71. The molecule has 3 unspecified atom stereocenters. The van der Waals surface area contributed by atoms with E-state index in [9.17, 15) is 0 Å². The van der Waals surface area contributed by atoms with Crippen molar-refractivity contribution in [1.29, 1.82) is 0 Å². The van der Waals surface area contributed by atoms with E-state index < -0.39 is 0 Å². The van der Waals surface area contributed by atoms with Crippen LogP contribution < -0.4 is 11.3 Å². The molecule has 1 fully saturated rings. The van der Waals surface area contributed by atoms with Gasteiger partial charge >= 0.3 is 0 Å². The fourth-order valence-corrected chi connectivity index (χ4v) is 3.71. The number of hydrogen-bond donors (Lipinski definition) is 2. The van der Waals surface area contributed by atoms with Gasteiger partial charge < -0.3 is 0 Å². The van der Waals surface area contributed by atoms with Gasteiger partial charge in [0.1, 0.15) is 0 Å². The normalized spacial score (nSPS) is 25.4. The summed E-state index contributed by atoms with van der Waals surface area (Å²) in [5, 5.41) is 0. The minimum Gasteiger partial charge on any atom is -0.271 e. The number of nitrogens with two attached hydrogens (primary N) is 1. The van der Waals surface area contributed by atoms with Crippen LogP contribution in [0.5, 0.6) is 0 Å². The summed E-state index contributed by atoms with van der Waals surface area (Å²) in [5.41, 5.74) is 6.09. The van der Waals surface area contributed by atoms with Gasteiger partial charge in [-0.1, -0.05) is 64.8 Å². The molecule has 112 valence electrons. The molecule has 2 rings (SSSR count). The van der Waals surface area contributed by atoms with E-state index in [2.05, 4.69) is 57.4 Å². The first-order valence-corrected chi connectivity index (χ1v) is 7.99. The highest BCUT2D eigenvalue weighted by atomic mass is 15.2. The molecule has 0 amide bonds. The molecule has 0 heterocycles. The molecule has 0 aliphatic heterocycles. The standard InChI is InChI=1S/C18H30N2/c1-13-8-7-9-14(12-13)17(20-19)15-10-5-6-11-16(15)18(2,3)4/h5-6,10-11,13-14,17,20H,7-9,12,19H2,1-4H3. The maximum Gasteiger partial charge on any atom is 0.0491 e. The smallest absolute Gasteiger partial charge is 0.0491 e. The van der Waals surface area contributed by atoms with Crippen molar-refractivity contribution in [3.8, 4) is 0 Å². The van der Waals surface area contributed by atoms with Crippen molar-refractivity contribution in [3.63, 3.8) is 0 Å². The molecule has 2 heteroatoms. The Morgan fingerprint density at radius 3 is 2.50 bits per heavy atom. The first-order chi connectivity index (χ1) is 9.43. The second-order valence-electron chi connectivity index (χ2n) is 7.51. The van der Waals surface area contributed by atoms with Crippen molar-refractivity contribution in [1.82, 2.24) is 5.43 Å². The number of rotatable bonds is 3. The summed E-state index contributed by atoms with van der Waals surface area (Å²) in [6.45, 7) is 9.21. The highest BCUT2D eigenvalue weighted by Crippen LogP contribution is 2.39. The van der Waals surface area contributed by atoms with E-state index in [0.717, 1.165) is 5.92 Å². The summed E-state index contributed by atoms with van der Waals surface area (Å²) < 4.78 is 0. The predicted molar refractivity (Wildman–Crippen MR) is 86.3 cm³/mol. The zero-order chi connectivity index (χ0) is 14.8. The SMILES string of the molecule is CC1CCCC(C(NN)c2ccccc2C(C)(C)C)C1. The number of hydrazine groups is 1. The van der Waals surface area contributed by atoms with Crippen LogP contribution in [0, 0.1) is 11.8 Å². The molecular formula is C18H30N2. The highest BCUT2D eigenvalue weighted by Gasteiger charge is 2.30. The third-order valence-corrected chi connectivity index (χ3v) is 4.73. The lowest BCUT2D eigenvalue weighted by molar-refractivity contribution is 0.223. The molecule has 0 bridgehead atoms. The van der Waals surface area contributed by atoms with E-state index in [-0.39, 0.29) is 11.5 Å². The third kappa shape index (κ3) is 3.42. The molecule has 0 saturated heterocycles. The molecular weight excluding hydrogens is 244 g/mol. The van der Waals surface area contributed by atoms with Crippen LogP contribution in [0.1, 0.15) is 70.5 Å². The van der Waals surface area contributed by atoms with Crippen molar-refractivity contribution in [3.05, 3.63) is 35.4 Å². The molecule has 1 aliphatic rings. The Bertz CT molecular complexity index is 433. The highest BCUT2D eigenvalue weighted by molar-refractivity contribution is 5.35. The number of benzene rings is 1. The lowest BCUT2D eigenvalue weighted by Gasteiger charge is -2.36. The zero-order valence-electron chi connectivity index (χ0n) is 13.4. The second kappa shape index (κ2) is 6.28. The Balaban J connectivity index is 2.32. The van der Waals surface area contributed by atoms with Crippen LogP contribution >= 0.6 is 0 Å². The van der Waals surface area contributed by atoms with Crippen LogP contribution in [0.25, 0.3) is 0 Å². The minimum absolute atomic E-state index is 0.159. The Morgan fingerprint density at radius 2 is 1.90 bits per heavy atom.